The van der Waals surface area contributed by atoms with Gasteiger partial charge in [0.15, 0.2) is 11.8 Å². The fourth-order valence-corrected chi connectivity index (χ4v) is 9.94. The Morgan fingerprint density at radius 1 is 0.952 bits per heavy atom. The monoisotopic (exact) mass is 873 g/mol. The quantitative estimate of drug-likeness (QED) is 0.0802. The van der Waals surface area contributed by atoms with Crippen LogP contribution in [0.4, 0.5) is 0 Å². The molecule has 0 spiro atoms. The Labute approximate surface area is 369 Å². The van der Waals surface area contributed by atoms with Crippen molar-refractivity contribution >= 4 is 35.8 Å². The fourth-order valence-electron chi connectivity index (χ4n) is 9.94. The first-order valence-electron chi connectivity index (χ1n) is 22.6. The van der Waals surface area contributed by atoms with Crippen LogP contribution in [0.1, 0.15) is 102 Å². The van der Waals surface area contributed by atoms with Crippen LogP contribution < -0.4 is 5.32 Å². The molecule has 5 aliphatic rings. The van der Waals surface area contributed by atoms with Gasteiger partial charge in [-0.05, 0) is 35.6 Å². The minimum Gasteiger partial charge on any atom is -0.462 e. The van der Waals surface area contributed by atoms with Crippen molar-refractivity contribution in [1.82, 2.24) is 15.3 Å². The van der Waals surface area contributed by atoms with Crippen LogP contribution >= 0.6 is 0 Å². The summed E-state index contributed by atoms with van der Waals surface area (Å²) in [6.07, 6.45) is 5.65. The average Bonchev–Trinajstić information content (AvgIpc) is 3.91. The lowest BCUT2D eigenvalue weighted by atomic mass is 9.62. The predicted molar refractivity (Wildman–Crippen MR) is 229 cm³/mol. The standard InChI is InChI=1S/C48H63N3O12/c1-6-8-15-23-47(24-16-9-7-2)61-37-35-28-48(45(57)50(5)34(42(54)49-25-26-52)27-31-17-11-10-12-18-31)39(43(55)59-35)51(63-40(48)38(37)62-47)29-33-20-14-13-19-32(33)21-22-36(53)60-41-44(56)58-30-46(41,3)4/h10-14,17-22,34-35,37-41,52H,6-9,15-16,23-30H2,1-5H3,(H,49,54)/t34-,35-,37+,38+,39-,40-,41+,48-/m1/s1. The van der Waals surface area contributed by atoms with Gasteiger partial charge in [-0.25, -0.2) is 9.59 Å². The second-order valence-corrected chi connectivity index (χ2v) is 18.3. The van der Waals surface area contributed by atoms with Gasteiger partial charge in [0.2, 0.25) is 17.9 Å². The van der Waals surface area contributed by atoms with Gasteiger partial charge in [0.25, 0.3) is 0 Å². The second kappa shape index (κ2) is 19.6. The van der Waals surface area contributed by atoms with E-state index >= 15 is 4.79 Å². The number of unbranched alkanes of at least 4 members (excludes halogenated alkanes) is 4. The number of hydroxylamine groups is 2. The molecule has 4 heterocycles. The lowest BCUT2D eigenvalue weighted by Gasteiger charge is -2.50. The fraction of sp³-hybridized carbons (Fsp3) is 0.604. The van der Waals surface area contributed by atoms with Gasteiger partial charge in [0.1, 0.15) is 42.5 Å². The molecule has 5 fully saturated rings. The molecule has 7 rings (SSSR count). The molecule has 2 aromatic rings. The first-order valence-corrected chi connectivity index (χ1v) is 22.6. The normalized spacial score (nSPS) is 28.3. The first-order chi connectivity index (χ1) is 30.3. The zero-order valence-electron chi connectivity index (χ0n) is 37.1. The van der Waals surface area contributed by atoms with Gasteiger partial charge >= 0.3 is 17.9 Å². The largest absolute Gasteiger partial charge is 0.462 e. The van der Waals surface area contributed by atoms with Gasteiger partial charge in [0, 0.05) is 50.8 Å². The molecule has 2 amide bonds. The average molecular weight is 874 g/mol. The maximum absolute atomic E-state index is 15.7. The van der Waals surface area contributed by atoms with E-state index in [1.165, 1.54) is 16.0 Å². The molecular weight excluding hydrogens is 811 g/mol. The SMILES string of the molecule is CCCCCC1(CCCCC)O[C@@H]2[C@H](O1)[C@H]1ON(Cc3ccccc3C=CC(=O)O[C@H]3C(=O)OCC3(C)C)[C@@H]3C(=O)O[C@@H]2C[C@]13C(=O)N(C)[C@H](Cc1ccccc1)C(=O)NCCO. The van der Waals surface area contributed by atoms with Crippen molar-refractivity contribution in [3.05, 3.63) is 77.4 Å². The Morgan fingerprint density at radius 3 is 2.30 bits per heavy atom. The Bertz CT molecular complexity index is 2000. The molecule has 2 bridgehead atoms. The van der Waals surface area contributed by atoms with Crippen LogP contribution in [0.2, 0.25) is 0 Å². The van der Waals surface area contributed by atoms with E-state index in [4.69, 9.17) is 28.5 Å². The summed E-state index contributed by atoms with van der Waals surface area (Å²) in [5.74, 6) is -3.86. The smallest absolute Gasteiger partial charge is 0.348 e. The molecule has 4 saturated heterocycles. The van der Waals surface area contributed by atoms with Crippen LogP contribution in [0, 0.1) is 10.8 Å². The number of likely N-dealkylation sites (N-methyl/N-ethyl adjacent to an activating group) is 1. The van der Waals surface area contributed by atoms with Crippen LogP contribution in [-0.4, -0.2) is 120 Å². The number of carbonyl (C=O) groups is 5. The molecule has 15 nitrogen and oxygen atoms in total. The number of rotatable bonds is 20. The highest BCUT2D eigenvalue weighted by atomic mass is 16.8. The maximum atomic E-state index is 15.7. The summed E-state index contributed by atoms with van der Waals surface area (Å²) < 4.78 is 30.9. The zero-order chi connectivity index (χ0) is 44.9. The van der Waals surface area contributed by atoms with Crippen LogP contribution in [0.25, 0.3) is 6.08 Å². The zero-order valence-corrected chi connectivity index (χ0v) is 37.1. The lowest BCUT2D eigenvalue weighted by molar-refractivity contribution is -0.225. The number of esters is 3. The number of benzene rings is 2. The molecular formula is C48H63N3O12. The molecule has 1 saturated carbocycles. The number of nitrogens with one attached hydrogen (secondary N) is 1. The van der Waals surface area contributed by atoms with Crippen molar-refractivity contribution < 1.29 is 57.6 Å². The van der Waals surface area contributed by atoms with E-state index < -0.39 is 88.9 Å². The summed E-state index contributed by atoms with van der Waals surface area (Å²) in [5, 5.41) is 13.9. The van der Waals surface area contributed by atoms with Crippen molar-refractivity contribution in [2.24, 2.45) is 10.8 Å². The number of nitrogens with zero attached hydrogens (tertiary/aromatic N) is 2. The van der Waals surface area contributed by atoms with E-state index in [-0.39, 0.29) is 39.1 Å². The van der Waals surface area contributed by atoms with Crippen LogP contribution in [0.3, 0.4) is 0 Å². The molecule has 2 aromatic carbocycles. The highest BCUT2D eigenvalue weighted by Crippen LogP contribution is 2.58. The minimum absolute atomic E-state index is 0.00195. The number of hydrogen-bond acceptors (Lipinski definition) is 13. The number of fused-ring (bicyclic) bond motifs is 4. The number of cyclic esters (lactones) is 1. The molecule has 0 radical (unpaired) electrons. The number of amides is 2. The molecule has 4 aliphatic heterocycles. The summed E-state index contributed by atoms with van der Waals surface area (Å²) in [6, 6.07) is 14.3. The summed E-state index contributed by atoms with van der Waals surface area (Å²) in [6.45, 7) is 7.70. The van der Waals surface area contributed by atoms with E-state index in [1.807, 2.05) is 42.5 Å². The van der Waals surface area contributed by atoms with Crippen molar-refractivity contribution in [1.29, 1.82) is 0 Å². The molecule has 63 heavy (non-hydrogen) atoms. The van der Waals surface area contributed by atoms with Gasteiger partial charge in [-0.3, -0.25) is 19.2 Å². The van der Waals surface area contributed by atoms with Gasteiger partial charge in [-0.1, -0.05) is 108 Å². The van der Waals surface area contributed by atoms with Gasteiger partial charge in [-0.15, -0.1) is 0 Å². The third kappa shape index (κ3) is 9.44. The summed E-state index contributed by atoms with van der Waals surface area (Å²) in [4.78, 5) is 77.9. The van der Waals surface area contributed by atoms with Gasteiger partial charge in [-0.2, -0.15) is 5.06 Å². The number of ether oxygens (including phenoxy) is 5. The lowest BCUT2D eigenvalue weighted by Crippen LogP contribution is -2.70. The summed E-state index contributed by atoms with van der Waals surface area (Å²) in [7, 11) is 1.57. The minimum atomic E-state index is -1.56. The number of carbonyl (C=O) groups excluding carboxylic acids is 5. The van der Waals surface area contributed by atoms with Crippen LogP contribution in [0.15, 0.2) is 60.7 Å². The Balaban J connectivity index is 1.24. The second-order valence-electron chi connectivity index (χ2n) is 18.3. The highest BCUT2D eigenvalue weighted by Gasteiger charge is 2.76. The van der Waals surface area contributed by atoms with E-state index in [0.717, 1.165) is 44.1 Å². The number of hydrogen-bond donors (Lipinski definition) is 2. The summed E-state index contributed by atoms with van der Waals surface area (Å²) in [5.41, 5.74) is -0.161. The Kier molecular flexibility index (Phi) is 14.4. The van der Waals surface area contributed by atoms with Crippen LogP contribution in [-0.2, 0) is 65.5 Å². The van der Waals surface area contributed by atoms with Crippen LogP contribution in [0.5, 0.6) is 0 Å². The number of aliphatic hydroxyl groups is 1. The molecule has 8 atom stereocenters. The molecule has 0 unspecified atom stereocenters. The molecule has 0 aromatic heterocycles. The van der Waals surface area contributed by atoms with Crippen molar-refractivity contribution in [2.45, 2.75) is 147 Å². The van der Waals surface area contributed by atoms with Crippen molar-refractivity contribution in [3.63, 3.8) is 0 Å². The predicted octanol–water partition coefficient (Wildman–Crippen LogP) is 4.81. The first kappa shape index (κ1) is 46.3. The molecule has 1 aliphatic carbocycles. The van der Waals surface area contributed by atoms with Gasteiger partial charge < -0.3 is 39.0 Å². The Morgan fingerprint density at radius 2 is 1.63 bits per heavy atom. The van der Waals surface area contributed by atoms with E-state index in [9.17, 15) is 24.3 Å². The van der Waals surface area contributed by atoms with E-state index in [0.29, 0.717) is 24.0 Å². The maximum Gasteiger partial charge on any atom is 0.348 e. The van der Waals surface area contributed by atoms with Crippen molar-refractivity contribution in [3.8, 4) is 0 Å². The topological polar surface area (TPSA) is 179 Å². The molecule has 15 heteroatoms. The third-order valence-electron chi connectivity index (χ3n) is 13.3. The number of aliphatic hydroxyl groups excluding tert-OH is 1. The third-order valence-corrected chi connectivity index (χ3v) is 13.3. The van der Waals surface area contributed by atoms with Crippen molar-refractivity contribution in [2.75, 3.05) is 26.8 Å². The van der Waals surface area contributed by atoms with E-state index in [2.05, 4.69) is 19.2 Å². The molecule has 2 N–H and O–H groups in total. The summed E-state index contributed by atoms with van der Waals surface area (Å²) >= 11 is 0. The Hall–Kier alpha value is -4.67. The van der Waals surface area contributed by atoms with E-state index in [1.54, 1.807) is 39.1 Å². The highest BCUT2D eigenvalue weighted by molar-refractivity contribution is 5.96. The van der Waals surface area contributed by atoms with Gasteiger partial charge in [0.05, 0.1) is 13.2 Å². The molecule has 342 valence electrons.